The summed E-state index contributed by atoms with van der Waals surface area (Å²) in [6, 6.07) is 3.82. The fourth-order valence-corrected chi connectivity index (χ4v) is 1.81. The average Bonchev–Trinajstić information content (AvgIpc) is 2.63. The van der Waals surface area contributed by atoms with Gasteiger partial charge in [-0.05, 0) is 31.0 Å². The zero-order valence-electron chi connectivity index (χ0n) is 10.3. The SMILES string of the molecule is Cc1cnc(C(=O)Cc2ccn(C)n2)c(C)c1. The molecule has 0 fully saturated rings. The van der Waals surface area contributed by atoms with Gasteiger partial charge in [-0.2, -0.15) is 5.10 Å². The van der Waals surface area contributed by atoms with Crippen molar-refractivity contribution in [3.8, 4) is 0 Å². The summed E-state index contributed by atoms with van der Waals surface area (Å²) in [7, 11) is 1.84. The van der Waals surface area contributed by atoms with Crippen LogP contribution >= 0.6 is 0 Å². The molecule has 0 aromatic carbocycles. The number of aryl methyl sites for hydroxylation is 3. The first kappa shape index (κ1) is 11.5. The summed E-state index contributed by atoms with van der Waals surface area (Å²) in [5, 5.41) is 4.19. The highest BCUT2D eigenvalue weighted by Crippen LogP contribution is 2.10. The Labute approximate surface area is 100 Å². The zero-order chi connectivity index (χ0) is 12.4. The molecule has 2 aromatic rings. The number of hydrogen-bond acceptors (Lipinski definition) is 3. The first-order chi connectivity index (χ1) is 8.06. The standard InChI is InChI=1S/C13H15N3O/c1-9-6-10(2)13(14-8-9)12(17)7-11-4-5-16(3)15-11/h4-6,8H,7H2,1-3H3. The molecule has 0 aliphatic heterocycles. The van der Waals surface area contributed by atoms with Gasteiger partial charge in [0, 0.05) is 19.4 Å². The monoisotopic (exact) mass is 229 g/mol. The topological polar surface area (TPSA) is 47.8 Å². The van der Waals surface area contributed by atoms with Crippen molar-refractivity contribution in [2.75, 3.05) is 0 Å². The maximum Gasteiger partial charge on any atom is 0.187 e. The Morgan fingerprint density at radius 1 is 1.41 bits per heavy atom. The molecule has 0 radical (unpaired) electrons. The minimum atomic E-state index is 0.0150. The van der Waals surface area contributed by atoms with E-state index in [0.717, 1.165) is 16.8 Å². The third kappa shape index (κ3) is 2.58. The maximum atomic E-state index is 12.0. The highest BCUT2D eigenvalue weighted by atomic mass is 16.1. The fourth-order valence-electron chi connectivity index (χ4n) is 1.81. The van der Waals surface area contributed by atoms with E-state index < -0.39 is 0 Å². The predicted octanol–water partition coefficient (Wildman–Crippen LogP) is 1.86. The van der Waals surface area contributed by atoms with Crippen molar-refractivity contribution in [2.24, 2.45) is 7.05 Å². The van der Waals surface area contributed by atoms with Crippen molar-refractivity contribution in [1.82, 2.24) is 14.8 Å². The number of nitrogens with zero attached hydrogens (tertiary/aromatic N) is 3. The van der Waals surface area contributed by atoms with Gasteiger partial charge >= 0.3 is 0 Å². The van der Waals surface area contributed by atoms with E-state index in [0.29, 0.717) is 12.1 Å². The molecule has 4 heteroatoms. The molecule has 2 aromatic heterocycles. The molecular formula is C13H15N3O. The molecule has 0 amide bonds. The van der Waals surface area contributed by atoms with E-state index in [1.165, 1.54) is 0 Å². The summed E-state index contributed by atoms with van der Waals surface area (Å²) in [4.78, 5) is 16.2. The molecule has 0 bridgehead atoms. The summed E-state index contributed by atoms with van der Waals surface area (Å²) < 4.78 is 1.69. The number of Topliss-reactive ketones (excluding diaryl/α,β-unsaturated/α-hetero) is 1. The largest absolute Gasteiger partial charge is 0.292 e. The Hall–Kier alpha value is -1.97. The third-order valence-corrected chi connectivity index (χ3v) is 2.59. The van der Waals surface area contributed by atoms with Gasteiger partial charge in [-0.15, -0.1) is 0 Å². The van der Waals surface area contributed by atoms with Gasteiger partial charge in [0.2, 0.25) is 0 Å². The molecule has 0 saturated heterocycles. The molecule has 0 aliphatic rings. The predicted molar refractivity (Wildman–Crippen MR) is 65.0 cm³/mol. The molecule has 17 heavy (non-hydrogen) atoms. The normalized spacial score (nSPS) is 10.5. The second-order valence-electron chi connectivity index (χ2n) is 4.26. The van der Waals surface area contributed by atoms with E-state index in [-0.39, 0.29) is 5.78 Å². The summed E-state index contributed by atoms with van der Waals surface area (Å²) in [5.74, 6) is 0.0150. The van der Waals surface area contributed by atoms with Gasteiger partial charge in [0.05, 0.1) is 12.1 Å². The summed E-state index contributed by atoms with van der Waals surface area (Å²) in [6.45, 7) is 3.87. The first-order valence-corrected chi connectivity index (χ1v) is 5.51. The Balaban J connectivity index is 2.20. The van der Waals surface area contributed by atoms with Crippen LogP contribution in [0.25, 0.3) is 0 Å². The molecule has 0 spiro atoms. The van der Waals surface area contributed by atoms with Crippen molar-refractivity contribution >= 4 is 5.78 Å². The number of hydrogen-bond donors (Lipinski definition) is 0. The molecule has 4 nitrogen and oxygen atoms in total. The minimum absolute atomic E-state index is 0.0150. The van der Waals surface area contributed by atoms with Crippen molar-refractivity contribution in [3.05, 3.63) is 47.0 Å². The molecule has 0 atom stereocenters. The molecule has 2 heterocycles. The van der Waals surface area contributed by atoms with Gasteiger partial charge in [-0.3, -0.25) is 14.5 Å². The van der Waals surface area contributed by atoms with Crippen molar-refractivity contribution in [1.29, 1.82) is 0 Å². The number of ketones is 1. The van der Waals surface area contributed by atoms with Gasteiger partial charge in [-0.25, -0.2) is 0 Å². The summed E-state index contributed by atoms with van der Waals surface area (Å²) in [5.41, 5.74) is 3.31. The van der Waals surface area contributed by atoms with Crippen LogP contribution in [0.15, 0.2) is 24.5 Å². The Kier molecular flexibility index (Phi) is 3.04. The lowest BCUT2D eigenvalue weighted by molar-refractivity contribution is 0.0986. The molecule has 0 N–H and O–H groups in total. The molecule has 88 valence electrons. The lowest BCUT2D eigenvalue weighted by Gasteiger charge is -2.03. The Bertz CT molecular complexity index is 558. The van der Waals surface area contributed by atoms with Gasteiger partial charge in [0.1, 0.15) is 5.69 Å². The van der Waals surface area contributed by atoms with E-state index in [9.17, 15) is 4.79 Å². The summed E-state index contributed by atoms with van der Waals surface area (Å²) >= 11 is 0. The Morgan fingerprint density at radius 2 is 2.18 bits per heavy atom. The molecule has 0 aliphatic carbocycles. The lowest BCUT2D eigenvalue weighted by Crippen LogP contribution is -2.09. The fraction of sp³-hybridized carbons (Fsp3) is 0.308. The molecule has 0 unspecified atom stereocenters. The zero-order valence-corrected chi connectivity index (χ0v) is 10.3. The summed E-state index contributed by atoms with van der Waals surface area (Å²) in [6.07, 6.45) is 3.86. The van der Waals surface area contributed by atoms with Crippen molar-refractivity contribution in [2.45, 2.75) is 20.3 Å². The number of pyridine rings is 1. The molecule has 0 saturated carbocycles. The van der Waals surface area contributed by atoms with Gasteiger partial charge < -0.3 is 0 Å². The van der Waals surface area contributed by atoms with Gasteiger partial charge in [0.25, 0.3) is 0 Å². The van der Waals surface area contributed by atoms with Crippen LogP contribution in [-0.4, -0.2) is 20.5 Å². The third-order valence-electron chi connectivity index (χ3n) is 2.59. The van der Waals surface area contributed by atoms with E-state index in [4.69, 9.17) is 0 Å². The van der Waals surface area contributed by atoms with Crippen LogP contribution in [0.3, 0.4) is 0 Å². The molecule has 2 rings (SSSR count). The quantitative estimate of drug-likeness (QED) is 0.755. The highest BCUT2D eigenvalue weighted by molar-refractivity contribution is 5.96. The van der Waals surface area contributed by atoms with Crippen molar-refractivity contribution in [3.63, 3.8) is 0 Å². The van der Waals surface area contributed by atoms with Crippen LogP contribution in [0.4, 0.5) is 0 Å². The second kappa shape index (κ2) is 4.49. The lowest BCUT2D eigenvalue weighted by atomic mass is 10.1. The van der Waals surface area contributed by atoms with Crippen LogP contribution in [0.2, 0.25) is 0 Å². The average molecular weight is 229 g/mol. The smallest absolute Gasteiger partial charge is 0.187 e. The van der Waals surface area contributed by atoms with Crippen LogP contribution in [0.5, 0.6) is 0 Å². The molecular weight excluding hydrogens is 214 g/mol. The van der Waals surface area contributed by atoms with Gasteiger partial charge in [-0.1, -0.05) is 6.07 Å². The maximum absolute atomic E-state index is 12.0. The van der Waals surface area contributed by atoms with Crippen LogP contribution < -0.4 is 0 Å². The van der Waals surface area contributed by atoms with Crippen LogP contribution in [0, 0.1) is 13.8 Å². The number of rotatable bonds is 3. The number of aromatic nitrogens is 3. The van der Waals surface area contributed by atoms with Gasteiger partial charge in [0.15, 0.2) is 5.78 Å². The Morgan fingerprint density at radius 3 is 2.76 bits per heavy atom. The van der Waals surface area contributed by atoms with Crippen LogP contribution in [-0.2, 0) is 13.5 Å². The van der Waals surface area contributed by atoms with E-state index in [2.05, 4.69) is 10.1 Å². The van der Waals surface area contributed by atoms with E-state index in [1.807, 2.05) is 39.2 Å². The first-order valence-electron chi connectivity index (χ1n) is 5.51. The van der Waals surface area contributed by atoms with E-state index >= 15 is 0 Å². The second-order valence-corrected chi connectivity index (χ2v) is 4.26. The highest BCUT2D eigenvalue weighted by Gasteiger charge is 2.12. The number of carbonyl (C=O) groups excluding carboxylic acids is 1. The van der Waals surface area contributed by atoms with E-state index in [1.54, 1.807) is 10.9 Å². The van der Waals surface area contributed by atoms with Crippen molar-refractivity contribution < 1.29 is 4.79 Å². The van der Waals surface area contributed by atoms with Crippen LogP contribution in [0.1, 0.15) is 27.3 Å². The number of carbonyl (C=O) groups is 1. The minimum Gasteiger partial charge on any atom is -0.292 e.